The Morgan fingerprint density at radius 2 is 1.13 bits per heavy atom. The standard InChI is InChI=1S/C66H57N3O/c1-64(2,3)39-26-29-55-48(30-39)52-32-41(66(7,8)9)34-54-49-37-59-50(36-58(49)68(55)61(52)54)53-33-40(65(4,5)6)31-51-45-28-27-43(35-57(45)69(59)60(51)53)67(42-20-14-11-15-21-42)56-25-17-24-47-46-23-16-22-44(62(46)70-63(47)56)38-18-12-10-13-19-38/h10-35,37,50H,36H2,1-9H3. The molecule has 0 radical (unpaired) electrons. The van der Waals surface area contributed by atoms with Crippen molar-refractivity contribution in [2.45, 2.75) is 90.9 Å². The summed E-state index contributed by atoms with van der Waals surface area (Å²) in [6.07, 6.45) is 3.52. The molecular formula is C66H57N3O. The molecule has 0 fully saturated rings. The Hall–Kier alpha value is -7.56. The third-order valence-electron chi connectivity index (χ3n) is 16.0. The zero-order chi connectivity index (χ0) is 47.7. The molecule has 70 heavy (non-hydrogen) atoms. The molecule has 4 aromatic heterocycles. The van der Waals surface area contributed by atoms with Crippen molar-refractivity contribution in [3.63, 3.8) is 0 Å². The highest BCUT2D eigenvalue weighted by molar-refractivity contribution is 6.21. The molecule has 1 atom stereocenters. The number of furan rings is 1. The van der Waals surface area contributed by atoms with Crippen molar-refractivity contribution in [1.29, 1.82) is 0 Å². The van der Waals surface area contributed by atoms with Crippen molar-refractivity contribution >= 4 is 99.8 Å². The van der Waals surface area contributed by atoms with Crippen LogP contribution in [0.2, 0.25) is 0 Å². The van der Waals surface area contributed by atoms with E-state index in [0.29, 0.717) is 0 Å². The molecule has 4 nitrogen and oxygen atoms in total. The average molecular weight is 908 g/mol. The van der Waals surface area contributed by atoms with E-state index in [9.17, 15) is 0 Å². The Bertz CT molecular complexity index is 4190. The number of hydrogen-bond acceptors (Lipinski definition) is 2. The number of aromatic nitrogens is 2. The molecule has 0 amide bonds. The van der Waals surface area contributed by atoms with Crippen molar-refractivity contribution in [2.75, 3.05) is 4.90 Å². The molecule has 1 unspecified atom stereocenters. The van der Waals surface area contributed by atoms with Crippen LogP contribution < -0.4 is 4.90 Å². The zero-order valence-corrected chi connectivity index (χ0v) is 41.6. The van der Waals surface area contributed by atoms with Crippen LogP contribution in [0.15, 0.2) is 162 Å². The van der Waals surface area contributed by atoms with Gasteiger partial charge < -0.3 is 18.3 Å². The lowest BCUT2D eigenvalue weighted by Crippen LogP contribution is -2.14. The molecular weight excluding hydrogens is 851 g/mol. The fourth-order valence-corrected chi connectivity index (χ4v) is 12.3. The molecule has 1 aliphatic carbocycles. The summed E-state index contributed by atoms with van der Waals surface area (Å²) in [5.41, 5.74) is 22.2. The van der Waals surface area contributed by atoms with Crippen LogP contribution in [0.5, 0.6) is 0 Å². The first-order valence-corrected chi connectivity index (χ1v) is 25.2. The fourth-order valence-electron chi connectivity index (χ4n) is 12.3. The fraction of sp³-hybridized carbons (Fsp3) is 0.212. The van der Waals surface area contributed by atoms with Crippen LogP contribution in [-0.4, -0.2) is 8.97 Å². The van der Waals surface area contributed by atoms with Gasteiger partial charge in [-0.2, -0.15) is 0 Å². The Morgan fingerprint density at radius 1 is 0.486 bits per heavy atom. The Balaban J connectivity index is 1.03. The van der Waals surface area contributed by atoms with E-state index in [2.05, 4.69) is 240 Å². The van der Waals surface area contributed by atoms with Crippen molar-refractivity contribution in [3.05, 3.63) is 191 Å². The van der Waals surface area contributed by atoms with E-state index >= 15 is 0 Å². The molecule has 0 saturated heterocycles. The molecule has 0 spiro atoms. The molecule has 12 aromatic rings. The quantitative estimate of drug-likeness (QED) is 0.176. The second kappa shape index (κ2) is 14.0. The van der Waals surface area contributed by atoms with Gasteiger partial charge in [-0.15, -0.1) is 0 Å². The molecule has 5 heterocycles. The molecule has 0 N–H and O–H groups in total. The topological polar surface area (TPSA) is 25.7 Å². The van der Waals surface area contributed by atoms with Crippen LogP contribution in [0, 0.1) is 0 Å². The highest BCUT2D eigenvalue weighted by Gasteiger charge is 2.39. The van der Waals surface area contributed by atoms with Gasteiger partial charge in [-0.25, -0.2) is 0 Å². The SMILES string of the molecule is CC(C)(C)c1cc2c3c(c1)c1ccc(N(c4ccccc4)c4cccc5c4oc4c(-c6ccccc6)cccc45)cc1n3C1=Cc3c(n4c5ccc(C(C)(C)C)cc5c5cc(C(C)(C)C)cc3c54)CC12. The van der Waals surface area contributed by atoms with Crippen molar-refractivity contribution in [2.24, 2.45) is 0 Å². The summed E-state index contributed by atoms with van der Waals surface area (Å²) in [6, 6.07) is 59.0. The minimum absolute atomic E-state index is 0.0118. The molecule has 1 aliphatic heterocycles. The van der Waals surface area contributed by atoms with Crippen LogP contribution in [0.4, 0.5) is 17.1 Å². The number of allylic oxidation sites excluding steroid dienone is 1. The van der Waals surface area contributed by atoms with Gasteiger partial charge in [0, 0.05) is 83.9 Å². The monoisotopic (exact) mass is 907 g/mol. The van der Waals surface area contributed by atoms with Crippen LogP contribution >= 0.6 is 0 Å². The number of rotatable bonds is 4. The van der Waals surface area contributed by atoms with E-state index in [-0.39, 0.29) is 22.2 Å². The lowest BCUT2D eigenvalue weighted by molar-refractivity contribution is 0.590. The highest BCUT2D eigenvalue weighted by Crippen LogP contribution is 2.55. The van der Waals surface area contributed by atoms with Crippen molar-refractivity contribution < 1.29 is 4.42 Å². The summed E-state index contributed by atoms with van der Waals surface area (Å²) in [7, 11) is 0. The number of hydrogen-bond donors (Lipinski definition) is 0. The first kappa shape index (κ1) is 41.4. The smallest absolute Gasteiger partial charge is 0.159 e. The predicted octanol–water partition coefficient (Wildman–Crippen LogP) is 18.4. The molecule has 0 bridgehead atoms. The number of benzene rings is 8. The van der Waals surface area contributed by atoms with Crippen LogP contribution in [0.3, 0.4) is 0 Å². The average Bonchev–Trinajstić information content (AvgIpc) is 4.14. The maximum absolute atomic E-state index is 7.09. The molecule has 2 aliphatic rings. The van der Waals surface area contributed by atoms with E-state index in [1.807, 2.05) is 0 Å². The number of nitrogens with zero attached hydrogens (tertiary/aromatic N) is 3. The maximum Gasteiger partial charge on any atom is 0.159 e. The van der Waals surface area contributed by atoms with E-state index in [1.54, 1.807) is 0 Å². The second-order valence-corrected chi connectivity index (χ2v) is 23.4. The molecule has 8 aromatic carbocycles. The summed E-state index contributed by atoms with van der Waals surface area (Å²) in [6.45, 7) is 21.1. The van der Waals surface area contributed by atoms with Gasteiger partial charge in [0.1, 0.15) is 5.58 Å². The van der Waals surface area contributed by atoms with E-state index < -0.39 is 0 Å². The van der Waals surface area contributed by atoms with Crippen LogP contribution in [0.25, 0.3) is 93.8 Å². The molecule has 14 rings (SSSR count). The van der Waals surface area contributed by atoms with Gasteiger partial charge in [-0.3, -0.25) is 0 Å². The Morgan fingerprint density at radius 3 is 1.86 bits per heavy atom. The van der Waals surface area contributed by atoms with E-state index in [1.165, 1.54) is 88.2 Å². The minimum Gasteiger partial charge on any atom is -0.453 e. The predicted molar refractivity (Wildman–Crippen MR) is 297 cm³/mol. The van der Waals surface area contributed by atoms with E-state index in [0.717, 1.165) is 56.5 Å². The Labute approximate surface area is 409 Å². The van der Waals surface area contributed by atoms with Crippen LogP contribution in [-0.2, 0) is 22.7 Å². The third kappa shape index (κ3) is 5.77. The van der Waals surface area contributed by atoms with Crippen LogP contribution in [0.1, 0.15) is 102 Å². The summed E-state index contributed by atoms with van der Waals surface area (Å²) in [4.78, 5) is 2.40. The zero-order valence-electron chi connectivity index (χ0n) is 41.6. The molecule has 4 heteroatoms. The van der Waals surface area contributed by atoms with Gasteiger partial charge in [0.15, 0.2) is 5.58 Å². The lowest BCUT2D eigenvalue weighted by atomic mass is 9.80. The number of anilines is 3. The van der Waals surface area contributed by atoms with Gasteiger partial charge in [0.2, 0.25) is 0 Å². The summed E-state index contributed by atoms with van der Waals surface area (Å²) in [5, 5.41) is 8.92. The molecule has 0 saturated carbocycles. The number of fused-ring (bicyclic) bond motifs is 15. The van der Waals surface area contributed by atoms with Gasteiger partial charge >= 0.3 is 0 Å². The van der Waals surface area contributed by atoms with Crippen molar-refractivity contribution in [1.82, 2.24) is 8.97 Å². The van der Waals surface area contributed by atoms with Gasteiger partial charge in [-0.1, -0.05) is 159 Å². The second-order valence-electron chi connectivity index (χ2n) is 23.4. The highest BCUT2D eigenvalue weighted by atomic mass is 16.3. The lowest BCUT2D eigenvalue weighted by Gasteiger charge is -2.26. The first-order chi connectivity index (χ1) is 33.6. The normalized spacial score (nSPS) is 15.1. The largest absolute Gasteiger partial charge is 0.453 e. The van der Waals surface area contributed by atoms with Gasteiger partial charge in [0.25, 0.3) is 0 Å². The summed E-state index contributed by atoms with van der Waals surface area (Å²) in [5.74, 6) is 0.206. The van der Waals surface area contributed by atoms with Gasteiger partial charge in [0.05, 0.1) is 27.8 Å². The molecule has 342 valence electrons. The number of para-hydroxylation sites is 3. The minimum atomic E-state index is -0.0269. The van der Waals surface area contributed by atoms with E-state index in [4.69, 9.17) is 4.42 Å². The third-order valence-corrected chi connectivity index (χ3v) is 16.0. The summed E-state index contributed by atoms with van der Waals surface area (Å²) < 4.78 is 12.4. The maximum atomic E-state index is 7.09. The summed E-state index contributed by atoms with van der Waals surface area (Å²) >= 11 is 0. The first-order valence-electron chi connectivity index (χ1n) is 25.2. The van der Waals surface area contributed by atoms with Gasteiger partial charge in [-0.05, 0) is 111 Å². The Kier molecular flexibility index (Phi) is 8.31. The van der Waals surface area contributed by atoms with Crippen molar-refractivity contribution in [3.8, 4) is 11.1 Å².